The van der Waals surface area contributed by atoms with E-state index in [1.54, 1.807) is 4.90 Å². The predicted octanol–water partition coefficient (Wildman–Crippen LogP) is 3.93. The number of nitrogens with zero attached hydrogens (tertiary/aromatic N) is 2. The number of fused-ring (bicyclic) bond motifs is 2. The number of hydrogen-bond donors (Lipinski definition) is 1. The van der Waals surface area contributed by atoms with E-state index in [0.717, 1.165) is 31.2 Å². The Hall–Kier alpha value is -2.37. The first kappa shape index (κ1) is 21.5. The second-order valence-corrected chi connectivity index (χ2v) is 10.1. The van der Waals surface area contributed by atoms with E-state index in [1.165, 1.54) is 11.1 Å². The summed E-state index contributed by atoms with van der Waals surface area (Å²) in [7, 11) is 0. The average molecular weight is 452 g/mol. The van der Waals surface area contributed by atoms with Gasteiger partial charge in [0.1, 0.15) is 5.54 Å². The first-order valence-electron chi connectivity index (χ1n) is 11.6. The third-order valence-corrected chi connectivity index (χ3v) is 7.65. The number of amides is 2. The van der Waals surface area contributed by atoms with Gasteiger partial charge in [-0.1, -0.05) is 60.8 Å². The lowest BCUT2D eigenvalue weighted by atomic mass is 9.85. The number of nitrogens with one attached hydrogen (secondary N) is 1. The summed E-state index contributed by atoms with van der Waals surface area (Å²) in [6.45, 7) is 3.52. The lowest BCUT2D eigenvalue weighted by molar-refractivity contribution is -0.163. The molecule has 1 saturated heterocycles. The van der Waals surface area contributed by atoms with Crippen LogP contribution < -0.4 is 5.32 Å². The highest BCUT2D eigenvalue weighted by Gasteiger charge is 2.52. The van der Waals surface area contributed by atoms with E-state index >= 15 is 0 Å². The molecule has 1 N–H and O–H groups in total. The molecule has 1 unspecified atom stereocenters. The molecule has 5 rings (SSSR count). The summed E-state index contributed by atoms with van der Waals surface area (Å²) in [5.41, 5.74) is 2.47. The van der Waals surface area contributed by atoms with Crippen LogP contribution >= 0.6 is 11.6 Å². The molecule has 2 aliphatic heterocycles. The van der Waals surface area contributed by atoms with Crippen molar-refractivity contribution in [3.8, 4) is 0 Å². The zero-order valence-electron chi connectivity index (χ0n) is 18.5. The van der Waals surface area contributed by atoms with Gasteiger partial charge < -0.3 is 10.2 Å². The van der Waals surface area contributed by atoms with Crippen LogP contribution in [0, 0.1) is 0 Å². The number of benzene rings is 2. The average Bonchev–Trinajstić information content (AvgIpc) is 3.29. The van der Waals surface area contributed by atoms with Gasteiger partial charge in [-0.15, -0.1) is 0 Å². The number of carbonyl (C=O) groups excluding carboxylic acids is 2. The normalized spacial score (nSPS) is 26.0. The molecule has 2 aromatic carbocycles. The van der Waals surface area contributed by atoms with Crippen molar-refractivity contribution in [2.45, 2.75) is 69.7 Å². The molecule has 2 amide bonds. The van der Waals surface area contributed by atoms with Crippen LogP contribution in [0.4, 0.5) is 0 Å². The van der Waals surface area contributed by atoms with Crippen molar-refractivity contribution >= 4 is 23.4 Å². The minimum atomic E-state index is -0.940. The zero-order chi connectivity index (χ0) is 22.3. The van der Waals surface area contributed by atoms with Crippen LogP contribution in [0.2, 0.25) is 5.02 Å². The van der Waals surface area contributed by atoms with Crippen molar-refractivity contribution in [3.05, 3.63) is 70.2 Å². The molecule has 1 aliphatic carbocycles. The Morgan fingerprint density at radius 3 is 2.62 bits per heavy atom. The molecule has 168 valence electrons. The highest BCUT2D eigenvalue weighted by molar-refractivity contribution is 6.30. The predicted molar refractivity (Wildman–Crippen MR) is 125 cm³/mol. The molecule has 0 aromatic heterocycles. The van der Waals surface area contributed by atoms with E-state index in [9.17, 15) is 9.59 Å². The van der Waals surface area contributed by atoms with E-state index in [2.05, 4.69) is 22.3 Å². The van der Waals surface area contributed by atoms with Crippen LogP contribution in [0.5, 0.6) is 0 Å². The fourth-order valence-corrected chi connectivity index (χ4v) is 5.78. The van der Waals surface area contributed by atoms with Gasteiger partial charge in [-0.3, -0.25) is 14.5 Å². The topological polar surface area (TPSA) is 52.7 Å². The second-order valence-electron chi connectivity index (χ2n) is 9.68. The van der Waals surface area contributed by atoms with Crippen molar-refractivity contribution in [2.24, 2.45) is 0 Å². The minimum Gasteiger partial charge on any atom is -0.351 e. The lowest BCUT2D eigenvalue weighted by Crippen LogP contribution is -2.72. The maximum Gasteiger partial charge on any atom is 0.247 e. The van der Waals surface area contributed by atoms with E-state index < -0.39 is 5.54 Å². The number of rotatable bonds is 4. The van der Waals surface area contributed by atoms with E-state index in [0.29, 0.717) is 31.1 Å². The largest absolute Gasteiger partial charge is 0.351 e. The second kappa shape index (κ2) is 8.53. The number of halogens is 1. The number of hydrogen-bond acceptors (Lipinski definition) is 3. The number of carbonyl (C=O) groups is 2. The van der Waals surface area contributed by atoms with Gasteiger partial charge in [0, 0.05) is 30.7 Å². The first-order valence-corrected chi connectivity index (χ1v) is 12.0. The van der Waals surface area contributed by atoms with Crippen LogP contribution in [0.15, 0.2) is 48.5 Å². The smallest absolute Gasteiger partial charge is 0.247 e. The SMILES string of the molecule is C[C@@]1(C(=O)NC2CCCC2)CN2Cc3ccccc3CC2C(=O)N1Cc1cccc(Cl)c1. The summed E-state index contributed by atoms with van der Waals surface area (Å²) in [5, 5.41) is 3.90. The maximum absolute atomic E-state index is 13.9. The van der Waals surface area contributed by atoms with Crippen LogP contribution in [0.3, 0.4) is 0 Å². The molecule has 3 aliphatic rings. The summed E-state index contributed by atoms with van der Waals surface area (Å²) in [6, 6.07) is 15.9. The fraction of sp³-hybridized carbons (Fsp3) is 0.462. The monoisotopic (exact) mass is 451 g/mol. The molecule has 6 heteroatoms. The Kier molecular flexibility index (Phi) is 5.72. The molecule has 0 bridgehead atoms. The molecule has 2 atom stereocenters. The molecule has 1 saturated carbocycles. The molecule has 0 radical (unpaired) electrons. The van der Waals surface area contributed by atoms with Crippen molar-refractivity contribution in [1.29, 1.82) is 0 Å². The molecule has 32 heavy (non-hydrogen) atoms. The zero-order valence-corrected chi connectivity index (χ0v) is 19.3. The number of piperazine rings is 1. The standard InChI is InChI=1S/C26H30ClN3O2/c1-26(25(32)28-22-11-4-5-12-22)17-29-16-20-9-3-2-8-19(20)14-23(29)24(31)30(26)15-18-7-6-10-21(27)13-18/h2-3,6-10,13,22-23H,4-5,11-12,14-17H2,1H3,(H,28,32)/t23?,26-/m0/s1. The van der Waals surface area contributed by atoms with Gasteiger partial charge in [0.25, 0.3) is 0 Å². The molecule has 2 fully saturated rings. The lowest BCUT2D eigenvalue weighted by Gasteiger charge is -2.52. The first-order chi connectivity index (χ1) is 15.4. The highest BCUT2D eigenvalue weighted by atomic mass is 35.5. The van der Waals surface area contributed by atoms with E-state index in [1.807, 2.05) is 43.3 Å². The summed E-state index contributed by atoms with van der Waals surface area (Å²) in [4.78, 5) is 31.5. The van der Waals surface area contributed by atoms with E-state index in [-0.39, 0.29) is 23.9 Å². The van der Waals surface area contributed by atoms with Gasteiger partial charge in [0.15, 0.2) is 0 Å². The van der Waals surface area contributed by atoms with Gasteiger partial charge in [-0.05, 0) is 55.0 Å². The van der Waals surface area contributed by atoms with Crippen LogP contribution in [-0.2, 0) is 29.1 Å². The van der Waals surface area contributed by atoms with Crippen molar-refractivity contribution in [1.82, 2.24) is 15.1 Å². The Bertz CT molecular complexity index is 1040. The third kappa shape index (κ3) is 3.93. The molecular formula is C26H30ClN3O2. The van der Waals surface area contributed by atoms with Gasteiger partial charge in [0.05, 0.1) is 6.04 Å². The quantitative estimate of drug-likeness (QED) is 0.766. The summed E-state index contributed by atoms with van der Waals surface area (Å²) < 4.78 is 0. The van der Waals surface area contributed by atoms with Crippen LogP contribution in [0.1, 0.15) is 49.3 Å². The fourth-order valence-electron chi connectivity index (χ4n) is 5.57. The van der Waals surface area contributed by atoms with E-state index in [4.69, 9.17) is 11.6 Å². The van der Waals surface area contributed by atoms with Crippen molar-refractivity contribution in [2.75, 3.05) is 6.54 Å². The Morgan fingerprint density at radius 2 is 1.88 bits per heavy atom. The van der Waals surface area contributed by atoms with Crippen molar-refractivity contribution < 1.29 is 9.59 Å². The summed E-state index contributed by atoms with van der Waals surface area (Å²) in [5.74, 6) is -0.0214. The van der Waals surface area contributed by atoms with Gasteiger partial charge in [-0.25, -0.2) is 0 Å². The van der Waals surface area contributed by atoms with Crippen LogP contribution in [0.25, 0.3) is 0 Å². The highest BCUT2D eigenvalue weighted by Crippen LogP contribution is 2.35. The molecule has 2 aromatic rings. The Morgan fingerprint density at radius 1 is 1.12 bits per heavy atom. The van der Waals surface area contributed by atoms with Crippen molar-refractivity contribution in [3.63, 3.8) is 0 Å². The Balaban J connectivity index is 1.48. The van der Waals surface area contributed by atoms with Crippen LogP contribution in [-0.4, -0.2) is 45.8 Å². The summed E-state index contributed by atoms with van der Waals surface area (Å²) >= 11 is 6.22. The third-order valence-electron chi connectivity index (χ3n) is 7.41. The maximum atomic E-state index is 13.9. The minimum absolute atomic E-state index is 0.0230. The Labute approximate surface area is 194 Å². The van der Waals surface area contributed by atoms with Gasteiger partial charge >= 0.3 is 0 Å². The molecular weight excluding hydrogens is 422 g/mol. The molecule has 2 heterocycles. The summed E-state index contributed by atoms with van der Waals surface area (Å²) in [6.07, 6.45) is 5.02. The van der Waals surface area contributed by atoms with Gasteiger partial charge in [0.2, 0.25) is 11.8 Å². The molecule has 5 nitrogen and oxygen atoms in total. The molecule has 0 spiro atoms. The van der Waals surface area contributed by atoms with Gasteiger partial charge in [-0.2, -0.15) is 0 Å².